The van der Waals surface area contributed by atoms with E-state index in [-0.39, 0.29) is 22.8 Å². The van der Waals surface area contributed by atoms with Crippen LogP contribution in [0.2, 0.25) is 0 Å². The summed E-state index contributed by atoms with van der Waals surface area (Å²) in [5.41, 5.74) is -4.46. The van der Waals surface area contributed by atoms with Gasteiger partial charge in [0.05, 0.1) is 11.1 Å². The summed E-state index contributed by atoms with van der Waals surface area (Å²) in [5, 5.41) is 3.29. The van der Waals surface area contributed by atoms with Crippen LogP contribution in [0, 0.1) is 0 Å². The molecule has 2 amide bonds. The van der Waals surface area contributed by atoms with E-state index in [2.05, 4.69) is 5.32 Å². The first-order chi connectivity index (χ1) is 20.6. The van der Waals surface area contributed by atoms with Gasteiger partial charge in [-0.25, -0.2) is 0 Å². The Balaban J connectivity index is 1.58. The molecule has 7 nitrogen and oxygen atoms in total. The summed E-state index contributed by atoms with van der Waals surface area (Å²) < 4.78 is 85.7. The summed E-state index contributed by atoms with van der Waals surface area (Å²) in [6, 6.07) is 8.05. The van der Waals surface area contributed by atoms with Crippen molar-refractivity contribution < 1.29 is 40.7 Å². The van der Waals surface area contributed by atoms with Gasteiger partial charge in [0.15, 0.2) is 5.78 Å². The zero-order valence-electron chi connectivity index (χ0n) is 24.1. The van der Waals surface area contributed by atoms with Crippen LogP contribution >= 0.6 is 11.8 Å². The van der Waals surface area contributed by atoms with E-state index >= 15 is 0 Å². The van der Waals surface area contributed by atoms with Crippen LogP contribution in [0.15, 0.2) is 58.5 Å². The van der Waals surface area contributed by atoms with Gasteiger partial charge in [-0.05, 0) is 43.2 Å². The molecule has 44 heavy (non-hydrogen) atoms. The molecule has 2 aromatic rings. The summed E-state index contributed by atoms with van der Waals surface area (Å²) in [6.45, 7) is 5.37. The summed E-state index contributed by atoms with van der Waals surface area (Å²) >= 11 is 0.528. The monoisotopic (exact) mass is 642 g/mol. The van der Waals surface area contributed by atoms with Crippen LogP contribution in [0.1, 0.15) is 48.2 Å². The number of halogens is 6. The van der Waals surface area contributed by atoms with E-state index in [4.69, 9.17) is 0 Å². The Morgan fingerprint density at radius 2 is 1.41 bits per heavy atom. The van der Waals surface area contributed by atoms with Gasteiger partial charge in [-0.1, -0.05) is 17.8 Å². The van der Waals surface area contributed by atoms with E-state index in [0.29, 0.717) is 69.6 Å². The number of amides is 2. The molecule has 2 aromatic carbocycles. The fourth-order valence-electron chi connectivity index (χ4n) is 5.25. The molecule has 4 rings (SSSR count). The molecule has 0 atom stereocenters. The van der Waals surface area contributed by atoms with Gasteiger partial charge >= 0.3 is 12.4 Å². The number of benzene rings is 2. The molecule has 0 unspecified atom stereocenters. The predicted molar refractivity (Wildman–Crippen MR) is 153 cm³/mol. The van der Waals surface area contributed by atoms with Crippen LogP contribution in [0.25, 0.3) is 0 Å². The van der Waals surface area contributed by atoms with Gasteiger partial charge in [0.25, 0.3) is 0 Å². The number of alkyl halides is 6. The minimum absolute atomic E-state index is 0.0183. The van der Waals surface area contributed by atoms with Gasteiger partial charge in [-0.2, -0.15) is 26.3 Å². The third-order valence-corrected chi connectivity index (χ3v) is 8.62. The Labute approximate surface area is 255 Å². The molecule has 0 spiro atoms. The van der Waals surface area contributed by atoms with Crippen LogP contribution in [0.3, 0.4) is 0 Å². The third-order valence-electron chi connectivity index (χ3n) is 7.57. The van der Waals surface area contributed by atoms with E-state index < -0.39 is 39.7 Å². The normalized spacial score (nSPS) is 16.9. The number of rotatable bonds is 7. The van der Waals surface area contributed by atoms with Crippen molar-refractivity contribution in [2.24, 2.45) is 0 Å². The number of carbonyl (C=O) groups excluding carboxylic acids is 3. The van der Waals surface area contributed by atoms with Gasteiger partial charge in [0, 0.05) is 92.5 Å². The number of hydrogen-bond acceptors (Lipinski definition) is 6. The Kier molecular flexibility index (Phi) is 10.2. The summed E-state index contributed by atoms with van der Waals surface area (Å²) in [4.78, 5) is 40.5. The second kappa shape index (κ2) is 13.5. The summed E-state index contributed by atoms with van der Waals surface area (Å²) in [5.74, 6) is -1.37. The van der Waals surface area contributed by atoms with Gasteiger partial charge in [0.1, 0.15) is 0 Å². The Hall–Kier alpha value is -3.68. The second-order valence-electron chi connectivity index (χ2n) is 10.6. The van der Waals surface area contributed by atoms with Crippen molar-refractivity contribution in [3.8, 4) is 0 Å². The molecular formula is C30H32F6N4O3S. The minimum Gasteiger partial charge on any atom is -0.382 e. The highest BCUT2D eigenvalue weighted by Gasteiger charge is 2.47. The second-order valence-corrected chi connectivity index (χ2v) is 11.7. The lowest BCUT2D eigenvalue weighted by Crippen LogP contribution is -2.45. The van der Waals surface area contributed by atoms with Crippen molar-refractivity contribution in [2.75, 3.05) is 44.6 Å². The molecule has 2 fully saturated rings. The average Bonchev–Trinajstić information content (AvgIpc) is 2.95. The molecule has 2 aliphatic heterocycles. The first-order valence-electron chi connectivity index (χ1n) is 14.0. The topological polar surface area (TPSA) is 73.0 Å². The van der Waals surface area contributed by atoms with E-state index in [1.165, 1.54) is 26.1 Å². The number of piperazine rings is 1. The van der Waals surface area contributed by atoms with Crippen molar-refractivity contribution in [3.63, 3.8) is 0 Å². The maximum atomic E-state index is 14.3. The standard InChI is InChI=1S/C30H32F6N4O3S/c1-19(41)39-12-8-21(9-13-39)37-22-4-3-5-23(18-22)44-26-7-6-24(27(29(31,32)33)28(26)30(34,35)36)25(43)10-11-38-14-16-40(17-15-38)20(2)42/h3-7,10-11,18,21,37H,8-9,12-17H2,1-2H3. The SMILES string of the molecule is CC(=O)N1CCC(Nc2cccc(Sc3ccc(C(=O)C=CN4CCN(C(C)=O)CC4)c(C(F)(F)F)c3C(F)(F)F)c2)CC1. The molecule has 14 heteroatoms. The third kappa shape index (κ3) is 8.27. The number of piperidine rings is 1. The molecule has 1 N–H and O–H groups in total. The van der Waals surface area contributed by atoms with Gasteiger partial charge < -0.3 is 20.0 Å². The van der Waals surface area contributed by atoms with Crippen molar-refractivity contribution in [2.45, 2.75) is 54.9 Å². The highest BCUT2D eigenvalue weighted by Crippen LogP contribution is 2.48. The molecule has 2 aliphatic rings. The zero-order valence-corrected chi connectivity index (χ0v) is 24.9. The molecule has 0 radical (unpaired) electrons. The molecular weight excluding hydrogens is 610 g/mol. The van der Waals surface area contributed by atoms with Crippen LogP contribution in [0.5, 0.6) is 0 Å². The van der Waals surface area contributed by atoms with E-state index in [9.17, 15) is 40.7 Å². The molecule has 0 saturated carbocycles. The van der Waals surface area contributed by atoms with Crippen LogP contribution in [-0.4, -0.2) is 77.6 Å². The van der Waals surface area contributed by atoms with Crippen molar-refractivity contribution in [1.29, 1.82) is 0 Å². The summed E-state index contributed by atoms with van der Waals surface area (Å²) in [6.07, 6.45) is -7.46. The van der Waals surface area contributed by atoms with E-state index in [1.807, 2.05) is 0 Å². The highest BCUT2D eigenvalue weighted by molar-refractivity contribution is 7.99. The van der Waals surface area contributed by atoms with Crippen molar-refractivity contribution in [1.82, 2.24) is 14.7 Å². The van der Waals surface area contributed by atoms with Crippen LogP contribution in [-0.2, 0) is 21.9 Å². The molecule has 238 valence electrons. The molecule has 2 saturated heterocycles. The molecule has 0 aliphatic carbocycles. The number of nitrogens with one attached hydrogen (secondary N) is 1. The number of nitrogens with zero attached hydrogens (tertiary/aromatic N) is 3. The molecule has 0 bridgehead atoms. The lowest BCUT2D eigenvalue weighted by molar-refractivity contribution is -0.163. The lowest BCUT2D eigenvalue weighted by Gasteiger charge is -2.33. The smallest absolute Gasteiger partial charge is 0.382 e. The zero-order chi connectivity index (χ0) is 32.2. The van der Waals surface area contributed by atoms with Gasteiger partial charge in [-0.3, -0.25) is 14.4 Å². The number of anilines is 1. The van der Waals surface area contributed by atoms with Gasteiger partial charge in [0.2, 0.25) is 11.8 Å². The number of likely N-dealkylation sites (tertiary alicyclic amines) is 1. The van der Waals surface area contributed by atoms with Crippen molar-refractivity contribution >= 4 is 35.0 Å². The van der Waals surface area contributed by atoms with Crippen LogP contribution in [0.4, 0.5) is 32.0 Å². The van der Waals surface area contributed by atoms with Crippen molar-refractivity contribution in [3.05, 3.63) is 65.4 Å². The fourth-order valence-corrected chi connectivity index (χ4v) is 6.29. The van der Waals surface area contributed by atoms with Gasteiger partial charge in [-0.15, -0.1) is 0 Å². The van der Waals surface area contributed by atoms with E-state index in [1.54, 1.807) is 32.9 Å². The Morgan fingerprint density at radius 3 is 1.98 bits per heavy atom. The predicted octanol–water partition coefficient (Wildman–Crippen LogP) is 6.16. The lowest BCUT2D eigenvalue weighted by atomic mass is 9.96. The highest BCUT2D eigenvalue weighted by atomic mass is 32.2. The first kappa shape index (κ1) is 33.2. The molecule has 2 heterocycles. The number of ketones is 1. The average molecular weight is 643 g/mol. The quantitative estimate of drug-likeness (QED) is 0.222. The Morgan fingerprint density at radius 1 is 0.818 bits per heavy atom. The largest absolute Gasteiger partial charge is 0.418 e. The minimum atomic E-state index is -5.47. The number of carbonyl (C=O) groups is 3. The fraction of sp³-hybridized carbons (Fsp3) is 0.433. The molecule has 0 aromatic heterocycles. The first-order valence-corrected chi connectivity index (χ1v) is 14.8. The number of allylic oxidation sites excluding steroid dienone is 1. The number of hydrogen-bond donors (Lipinski definition) is 1. The maximum Gasteiger partial charge on any atom is 0.418 e. The maximum absolute atomic E-state index is 14.3. The van der Waals surface area contributed by atoms with Crippen LogP contribution < -0.4 is 5.32 Å². The van der Waals surface area contributed by atoms with E-state index in [0.717, 1.165) is 18.2 Å². The summed E-state index contributed by atoms with van der Waals surface area (Å²) in [7, 11) is 0. The Bertz CT molecular complexity index is 1410.